The summed E-state index contributed by atoms with van der Waals surface area (Å²) < 4.78 is 2.25. The molecule has 1 heterocycles. The van der Waals surface area contributed by atoms with Crippen LogP contribution in [-0.4, -0.2) is 15.3 Å². The average molecular weight is 691 g/mol. The van der Waals surface area contributed by atoms with E-state index in [0.29, 0.717) is 0 Å². The van der Waals surface area contributed by atoms with Crippen LogP contribution in [0.4, 0.5) is 5.69 Å². The fourth-order valence-corrected chi connectivity index (χ4v) is 7.74. The molecular weight excluding hydrogens is 657 g/mol. The van der Waals surface area contributed by atoms with E-state index in [1.165, 1.54) is 32.5 Å². The molecule has 9 aromatic carbocycles. The van der Waals surface area contributed by atoms with Gasteiger partial charge in [-0.25, -0.2) is 4.98 Å². The molecule has 0 bridgehead atoms. The molecule has 254 valence electrons. The predicted molar refractivity (Wildman–Crippen MR) is 227 cm³/mol. The SMILES string of the molecule is c1ccc(C(=NNc2cc3c4ccccc4c(-c4ccc(-c5nc6ccccc6n5-c5ccccc5)cc4)cc3c3ccccc23)c2ccccc2)cc1. The molecule has 0 spiro atoms. The molecule has 0 fully saturated rings. The molecular formula is C50H34N4. The topological polar surface area (TPSA) is 42.2 Å². The minimum atomic E-state index is 0.892. The first-order valence-corrected chi connectivity index (χ1v) is 18.3. The minimum absolute atomic E-state index is 0.892. The fraction of sp³-hybridized carbons (Fsp3) is 0. The summed E-state index contributed by atoms with van der Waals surface area (Å²) in [6, 6.07) is 70.4. The number of hydrogen-bond acceptors (Lipinski definition) is 3. The number of hydrazone groups is 1. The third-order valence-corrected chi connectivity index (χ3v) is 10.3. The number of rotatable bonds is 7. The molecule has 10 aromatic rings. The summed E-state index contributed by atoms with van der Waals surface area (Å²) in [5.41, 5.74) is 14.1. The summed E-state index contributed by atoms with van der Waals surface area (Å²) in [4.78, 5) is 5.10. The maximum absolute atomic E-state index is 5.10. The van der Waals surface area contributed by atoms with Crippen molar-refractivity contribution in [3.05, 3.63) is 211 Å². The van der Waals surface area contributed by atoms with Crippen molar-refractivity contribution in [2.24, 2.45) is 5.10 Å². The second-order valence-corrected chi connectivity index (χ2v) is 13.5. The Bertz CT molecular complexity index is 2940. The second kappa shape index (κ2) is 13.4. The molecule has 10 rings (SSSR count). The Balaban J connectivity index is 1.11. The zero-order valence-corrected chi connectivity index (χ0v) is 29.4. The van der Waals surface area contributed by atoms with Crippen LogP contribution in [0.5, 0.6) is 0 Å². The molecule has 0 saturated carbocycles. The number of hydrogen-bond donors (Lipinski definition) is 1. The van der Waals surface area contributed by atoms with Crippen LogP contribution < -0.4 is 5.43 Å². The number of para-hydroxylation sites is 3. The summed E-state index contributed by atoms with van der Waals surface area (Å²) in [7, 11) is 0. The number of aromatic nitrogens is 2. The van der Waals surface area contributed by atoms with Crippen molar-refractivity contribution in [3.63, 3.8) is 0 Å². The first-order chi connectivity index (χ1) is 26.8. The lowest BCUT2D eigenvalue weighted by atomic mass is 9.90. The number of nitrogens with one attached hydrogen (secondary N) is 1. The average Bonchev–Trinajstić information content (AvgIpc) is 3.64. The van der Waals surface area contributed by atoms with Gasteiger partial charge in [0.05, 0.1) is 22.4 Å². The van der Waals surface area contributed by atoms with Gasteiger partial charge in [0.2, 0.25) is 0 Å². The van der Waals surface area contributed by atoms with Crippen molar-refractivity contribution >= 4 is 54.7 Å². The zero-order chi connectivity index (χ0) is 35.8. The summed E-state index contributed by atoms with van der Waals surface area (Å²) in [5, 5.41) is 12.1. The van der Waals surface area contributed by atoms with Crippen molar-refractivity contribution in [2.75, 3.05) is 5.43 Å². The highest BCUT2D eigenvalue weighted by Crippen LogP contribution is 2.41. The molecule has 0 aliphatic rings. The van der Waals surface area contributed by atoms with Crippen molar-refractivity contribution in [2.45, 2.75) is 0 Å². The Hall–Kier alpha value is -7.30. The maximum atomic E-state index is 5.10. The van der Waals surface area contributed by atoms with E-state index in [2.05, 4.69) is 186 Å². The van der Waals surface area contributed by atoms with E-state index in [9.17, 15) is 0 Å². The van der Waals surface area contributed by atoms with E-state index in [1.807, 2.05) is 24.3 Å². The van der Waals surface area contributed by atoms with E-state index in [0.717, 1.165) is 61.6 Å². The number of imidazole rings is 1. The van der Waals surface area contributed by atoms with Crippen LogP contribution in [0.25, 0.3) is 71.6 Å². The van der Waals surface area contributed by atoms with E-state index in [4.69, 9.17) is 10.1 Å². The molecule has 0 aliphatic heterocycles. The number of anilines is 1. The summed E-state index contributed by atoms with van der Waals surface area (Å²) in [6.07, 6.45) is 0. The molecule has 0 unspecified atom stereocenters. The van der Waals surface area contributed by atoms with E-state index in [1.54, 1.807) is 0 Å². The lowest BCUT2D eigenvalue weighted by Gasteiger charge is -2.16. The van der Waals surface area contributed by atoms with Crippen molar-refractivity contribution < 1.29 is 0 Å². The lowest BCUT2D eigenvalue weighted by molar-refractivity contribution is 1.10. The van der Waals surface area contributed by atoms with Crippen LogP contribution in [0.2, 0.25) is 0 Å². The van der Waals surface area contributed by atoms with Gasteiger partial charge < -0.3 is 0 Å². The normalized spacial score (nSPS) is 11.3. The standard InChI is InChI=1S/C50H34N4/c1-4-16-35(17-5-1)49(36-18-6-2-7-19-36)53-52-47-33-45-40-23-11-10-22-39(40)43(32-44(45)41-24-12-13-25-42(41)47)34-28-30-37(31-29-34)50-51-46-26-14-15-27-48(46)54(50)38-20-8-3-9-21-38/h1-33,52H. The van der Waals surface area contributed by atoms with E-state index >= 15 is 0 Å². The molecule has 4 heteroatoms. The van der Waals surface area contributed by atoms with Crippen LogP contribution in [0.1, 0.15) is 11.1 Å². The Morgan fingerprint density at radius 1 is 0.444 bits per heavy atom. The van der Waals surface area contributed by atoms with Crippen molar-refractivity contribution in [1.82, 2.24) is 9.55 Å². The Morgan fingerprint density at radius 2 is 0.963 bits per heavy atom. The molecule has 1 aromatic heterocycles. The summed E-state index contributed by atoms with van der Waals surface area (Å²) in [6.45, 7) is 0. The third kappa shape index (κ3) is 5.49. The highest BCUT2D eigenvalue weighted by molar-refractivity contribution is 6.23. The Labute approximate surface area is 313 Å². The Morgan fingerprint density at radius 3 is 1.65 bits per heavy atom. The summed E-state index contributed by atoms with van der Waals surface area (Å²) >= 11 is 0. The van der Waals surface area contributed by atoms with Crippen LogP contribution in [0.3, 0.4) is 0 Å². The molecule has 0 radical (unpaired) electrons. The molecule has 0 atom stereocenters. The Kier molecular flexibility index (Phi) is 7.77. The van der Waals surface area contributed by atoms with Gasteiger partial charge in [-0.3, -0.25) is 9.99 Å². The molecule has 4 nitrogen and oxygen atoms in total. The smallest absolute Gasteiger partial charge is 0.145 e. The highest BCUT2D eigenvalue weighted by Gasteiger charge is 2.17. The van der Waals surface area contributed by atoms with Crippen LogP contribution in [0, 0.1) is 0 Å². The zero-order valence-electron chi connectivity index (χ0n) is 29.4. The van der Waals surface area contributed by atoms with E-state index < -0.39 is 0 Å². The third-order valence-electron chi connectivity index (χ3n) is 10.3. The highest BCUT2D eigenvalue weighted by atomic mass is 15.3. The molecule has 0 aliphatic carbocycles. The van der Waals surface area contributed by atoms with Gasteiger partial charge in [0.25, 0.3) is 0 Å². The molecule has 1 N–H and O–H groups in total. The molecule has 54 heavy (non-hydrogen) atoms. The fourth-order valence-electron chi connectivity index (χ4n) is 7.74. The second-order valence-electron chi connectivity index (χ2n) is 13.5. The lowest BCUT2D eigenvalue weighted by Crippen LogP contribution is -2.06. The van der Waals surface area contributed by atoms with Gasteiger partial charge >= 0.3 is 0 Å². The van der Waals surface area contributed by atoms with Gasteiger partial charge in [-0.1, -0.05) is 164 Å². The van der Waals surface area contributed by atoms with E-state index in [-0.39, 0.29) is 0 Å². The number of fused-ring (bicyclic) bond motifs is 6. The quantitative estimate of drug-likeness (QED) is 0.103. The van der Waals surface area contributed by atoms with Crippen molar-refractivity contribution in [3.8, 4) is 28.2 Å². The first kappa shape index (κ1) is 31.4. The maximum Gasteiger partial charge on any atom is 0.145 e. The van der Waals surface area contributed by atoms with Crippen LogP contribution in [0.15, 0.2) is 205 Å². The predicted octanol–water partition coefficient (Wildman–Crippen LogP) is 12.7. The van der Waals surface area contributed by atoms with Gasteiger partial charge in [-0.05, 0) is 74.5 Å². The largest absolute Gasteiger partial charge is 0.292 e. The van der Waals surface area contributed by atoms with Crippen molar-refractivity contribution in [1.29, 1.82) is 0 Å². The molecule has 0 saturated heterocycles. The van der Waals surface area contributed by atoms with Gasteiger partial charge in [0.15, 0.2) is 0 Å². The van der Waals surface area contributed by atoms with Gasteiger partial charge in [-0.15, -0.1) is 0 Å². The van der Waals surface area contributed by atoms with Gasteiger partial charge in [0.1, 0.15) is 5.82 Å². The van der Waals surface area contributed by atoms with Gasteiger partial charge in [-0.2, -0.15) is 5.10 Å². The van der Waals surface area contributed by atoms with Crippen LogP contribution in [-0.2, 0) is 0 Å². The van der Waals surface area contributed by atoms with Crippen LogP contribution >= 0.6 is 0 Å². The molecule has 0 amide bonds. The minimum Gasteiger partial charge on any atom is -0.292 e. The summed E-state index contributed by atoms with van der Waals surface area (Å²) in [5.74, 6) is 0.925. The van der Waals surface area contributed by atoms with Gasteiger partial charge in [0, 0.05) is 27.8 Å². The monoisotopic (exact) mass is 690 g/mol. The first-order valence-electron chi connectivity index (χ1n) is 18.3. The number of benzene rings is 9. The number of nitrogens with zero attached hydrogens (tertiary/aromatic N) is 3.